The predicted octanol–water partition coefficient (Wildman–Crippen LogP) is 4.11. The number of hydrogen-bond acceptors (Lipinski definition) is 3. The smallest absolute Gasteiger partial charge is 0.342 e. The van der Waals surface area contributed by atoms with E-state index < -0.39 is 0 Å². The lowest BCUT2D eigenvalue weighted by Gasteiger charge is -2.19. The molecule has 1 aromatic carbocycles. The summed E-state index contributed by atoms with van der Waals surface area (Å²) in [5, 5.41) is 0. The van der Waals surface area contributed by atoms with Crippen molar-refractivity contribution < 1.29 is 14.3 Å². The van der Waals surface area contributed by atoms with Gasteiger partial charge in [-0.1, -0.05) is 18.6 Å². The summed E-state index contributed by atoms with van der Waals surface area (Å²) < 4.78 is 10.3. The van der Waals surface area contributed by atoms with Crippen molar-refractivity contribution in [2.45, 2.75) is 26.7 Å². The Balaban J connectivity index is 2.01. The van der Waals surface area contributed by atoms with E-state index in [0.29, 0.717) is 11.5 Å². The molecule has 3 nitrogen and oxygen atoms in total. The molecule has 3 heteroatoms. The van der Waals surface area contributed by atoms with Crippen LogP contribution in [0.15, 0.2) is 47.7 Å². The van der Waals surface area contributed by atoms with Gasteiger partial charge < -0.3 is 9.47 Å². The lowest BCUT2D eigenvalue weighted by atomic mass is 9.88. The standard InChI is InChI=1S/C17H20O3/c1-12-4-5-15(13(2)10-12)11-20-17(18)14-6-8-16(19-3)9-7-14/h6-11,13H,4-5H2,1-3H3/b15-11-. The number of esters is 1. The Morgan fingerprint density at radius 1 is 1.25 bits per heavy atom. The van der Waals surface area contributed by atoms with Crippen LogP contribution in [-0.4, -0.2) is 13.1 Å². The summed E-state index contributed by atoms with van der Waals surface area (Å²) in [6, 6.07) is 6.90. The molecule has 0 amide bonds. The van der Waals surface area contributed by atoms with Crippen LogP contribution < -0.4 is 4.74 Å². The summed E-state index contributed by atoms with van der Waals surface area (Å²) in [6.45, 7) is 4.26. The third-order valence-electron chi connectivity index (χ3n) is 3.57. The zero-order valence-electron chi connectivity index (χ0n) is 12.2. The Morgan fingerprint density at radius 3 is 2.55 bits per heavy atom. The maximum absolute atomic E-state index is 11.9. The predicted molar refractivity (Wildman–Crippen MR) is 78.6 cm³/mol. The van der Waals surface area contributed by atoms with Crippen LogP contribution in [0.5, 0.6) is 5.75 Å². The summed E-state index contributed by atoms with van der Waals surface area (Å²) in [5.41, 5.74) is 3.09. The van der Waals surface area contributed by atoms with Gasteiger partial charge in [-0.25, -0.2) is 4.79 Å². The molecule has 0 fully saturated rings. The van der Waals surface area contributed by atoms with Crippen LogP contribution >= 0.6 is 0 Å². The molecule has 1 aliphatic rings. The van der Waals surface area contributed by atoms with Crippen LogP contribution in [0.2, 0.25) is 0 Å². The molecule has 0 spiro atoms. The van der Waals surface area contributed by atoms with Crippen molar-refractivity contribution in [3.05, 3.63) is 53.3 Å². The van der Waals surface area contributed by atoms with Crippen molar-refractivity contribution in [2.24, 2.45) is 5.92 Å². The quantitative estimate of drug-likeness (QED) is 0.472. The van der Waals surface area contributed by atoms with E-state index in [1.165, 1.54) is 5.57 Å². The van der Waals surface area contributed by atoms with Gasteiger partial charge in [-0.05, 0) is 55.5 Å². The van der Waals surface area contributed by atoms with Gasteiger partial charge in [-0.3, -0.25) is 0 Å². The van der Waals surface area contributed by atoms with Gasteiger partial charge in [0, 0.05) is 0 Å². The molecular formula is C17H20O3. The van der Waals surface area contributed by atoms with Gasteiger partial charge in [0.25, 0.3) is 0 Å². The van der Waals surface area contributed by atoms with Crippen molar-refractivity contribution in [1.29, 1.82) is 0 Å². The fourth-order valence-corrected chi connectivity index (χ4v) is 2.28. The third-order valence-corrected chi connectivity index (χ3v) is 3.57. The maximum atomic E-state index is 11.9. The first-order chi connectivity index (χ1) is 9.60. The summed E-state index contributed by atoms with van der Waals surface area (Å²) in [6.07, 6.45) is 5.83. The van der Waals surface area contributed by atoms with Gasteiger partial charge in [0.15, 0.2) is 0 Å². The van der Waals surface area contributed by atoms with E-state index in [4.69, 9.17) is 9.47 Å². The van der Waals surface area contributed by atoms with E-state index in [1.807, 2.05) is 0 Å². The van der Waals surface area contributed by atoms with Gasteiger partial charge in [-0.15, -0.1) is 0 Å². The number of carbonyl (C=O) groups is 1. The first-order valence-corrected chi connectivity index (χ1v) is 6.81. The number of allylic oxidation sites excluding steroid dienone is 3. The molecule has 0 N–H and O–H groups in total. The molecule has 20 heavy (non-hydrogen) atoms. The minimum atomic E-state index is -0.335. The number of benzene rings is 1. The van der Waals surface area contributed by atoms with Crippen molar-refractivity contribution in [1.82, 2.24) is 0 Å². The van der Waals surface area contributed by atoms with E-state index in [2.05, 4.69) is 19.9 Å². The van der Waals surface area contributed by atoms with Crippen LogP contribution in [0, 0.1) is 5.92 Å². The van der Waals surface area contributed by atoms with E-state index in [0.717, 1.165) is 24.2 Å². The highest BCUT2D eigenvalue weighted by Gasteiger charge is 2.14. The molecule has 1 unspecified atom stereocenters. The number of hydrogen-bond donors (Lipinski definition) is 0. The molecule has 106 valence electrons. The zero-order chi connectivity index (χ0) is 14.5. The molecule has 0 aromatic heterocycles. The van der Waals surface area contributed by atoms with Crippen LogP contribution in [0.25, 0.3) is 0 Å². The molecule has 1 atom stereocenters. The normalized spacial score (nSPS) is 20.4. The van der Waals surface area contributed by atoms with Crippen LogP contribution in [0.1, 0.15) is 37.0 Å². The molecule has 2 rings (SSSR count). The van der Waals surface area contributed by atoms with Gasteiger partial charge >= 0.3 is 5.97 Å². The second kappa shape index (κ2) is 6.42. The molecule has 0 saturated carbocycles. The lowest BCUT2D eigenvalue weighted by Crippen LogP contribution is -2.07. The third kappa shape index (κ3) is 3.50. The van der Waals surface area contributed by atoms with Crippen molar-refractivity contribution in [3.63, 3.8) is 0 Å². The van der Waals surface area contributed by atoms with Gasteiger partial charge in [-0.2, -0.15) is 0 Å². The Bertz CT molecular complexity index is 538. The molecular weight excluding hydrogens is 252 g/mol. The fourth-order valence-electron chi connectivity index (χ4n) is 2.28. The van der Waals surface area contributed by atoms with Crippen molar-refractivity contribution in [2.75, 3.05) is 7.11 Å². The van der Waals surface area contributed by atoms with Crippen LogP contribution in [-0.2, 0) is 4.74 Å². The Morgan fingerprint density at radius 2 is 1.95 bits per heavy atom. The minimum Gasteiger partial charge on any atom is -0.497 e. The van der Waals surface area contributed by atoms with Crippen molar-refractivity contribution in [3.8, 4) is 5.75 Å². The Hall–Kier alpha value is -2.03. The number of rotatable bonds is 3. The molecule has 1 aliphatic carbocycles. The molecule has 0 aliphatic heterocycles. The number of carbonyl (C=O) groups excluding carboxylic acids is 1. The minimum absolute atomic E-state index is 0.335. The highest BCUT2D eigenvalue weighted by Crippen LogP contribution is 2.27. The van der Waals surface area contributed by atoms with E-state index >= 15 is 0 Å². The molecule has 1 aromatic rings. The van der Waals surface area contributed by atoms with E-state index in [1.54, 1.807) is 37.6 Å². The number of ether oxygens (including phenoxy) is 2. The Labute approximate surface area is 119 Å². The van der Waals surface area contributed by atoms with Gasteiger partial charge in [0.05, 0.1) is 18.9 Å². The van der Waals surface area contributed by atoms with Crippen LogP contribution in [0.4, 0.5) is 0 Å². The second-order valence-electron chi connectivity index (χ2n) is 5.13. The fraction of sp³-hybridized carbons (Fsp3) is 0.353. The largest absolute Gasteiger partial charge is 0.497 e. The first-order valence-electron chi connectivity index (χ1n) is 6.81. The highest BCUT2D eigenvalue weighted by atomic mass is 16.5. The average molecular weight is 272 g/mol. The molecule has 0 saturated heterocycles. The summed E-state index contributed by atoms with van der Waals surface area (Å²) in [7, 11) is 1.59. The average Bonchev–Trinajstić information content (AvgIpc) is 2.46. The summed E-state index contributed by atoms with van der Waals surface area (Å²) in [4.78, 5) is 11.9. The highest BCUT2D eigenvalue weighted by molar-refractivity contribution is 5.89. The summed E-state index contributed by atoms with van der Waals surface area (Å²) >= 11 is 0. The maximum Gasteiger partial charge on any atom is 0.342 e. The Kier molecular flexibility index (Phi) is 4.61. The molecule has 0 heterocycles. The van der Waals surface area contributed by atoms with E-state index in [9.17, 15) is 4.79 Å². The lowest BCUT2D eigenvalue weighted by molar-refractivity contribution is 0.0658. The second-order valence-corrected chi connectivity index (χ2v) is 5.13. The molecule has 0 radical (unpaired) electrons. The van der Waals surface area contributed by atoms with E-state index in [-0.39, 0.29) is 5.97 Å². The SMILES string of the molecule is COc1ccc(C(=O)O/C=C2/CCC(C)=CC2C)cc1. The molecule has 0 bridgehead atoms. The summed E-state index contributed by atoms with van der Waals surface area (Å²) in [5.74, 6) is 0.729. The van der Waals surface area contributed by atoms with Gasteiger partial charge in [0.1, 0.15) is 5.75 Å². The van der Waals surface area contributed by atoms with Crippen LogP contribution in [0.3, 0.4) is 0 Å². The van der Waals surface area contributed by atoms with Crippen molar-refractivity contribution >= 4 is 5.97 Å². The monoisotopic (exact) mass is 272 g/mol. The zero-order valence-corrected chi connectivity index (χ0v) is 12.2. The topological polar surface area (TPSA) is 35.5 Å². The number of methoxy groups -OCH3 is 1. The van der Waals surface area contributed by atoms with Gasteiger partial charge in [0.2, 0.25) is 0 Å². The first kappa shape index (κ1) is 14.4.